The van der Waals surface area contributed by atoms with Gasteiger partial charge in [-0.05, 0) is 38.6 Å². The van der Waals surface area contributed by atoms with Gasteiger partial charge in [0, 0.05) is 17.6 Å². The van der Waals surface area contributed by atoms with Crippen LogP contribution in [-0.2, 0) is 6.42 Å². The van der Waals surface area contributed by atoms with Gasteiger partial charge in [0.2, 0.25) is 0 Å². The van der Waals surface area contributed by atoms with Crippen molar-refractivity contribution in [1.82, 2.24) is 10.3 Å². The largest absolute Gasteiger partial charge is 0.316 e. The number of rotatable bonds is 5. The van der Waals surface area contributed by atoms with Gasteiger partial charge in [-0.2, -0.15) is 0 Å². The predicted molar refractivity (Wildman–Crippen MR) is 65.4 cm³/mol. The van der Waals surface area contributed by atoms with Gasteiger partial charge in [-0.15, -0.1) is 11.3 Å². The highest BCUT2D eigenvalue weighted by Gasteiger charge is 2.13. The second-order valence-electron chi connectivity index (χ2n) is 4.45. The second-order valence-corrected chi connectivity index (χ2v) is 5.77. The molecule has 1 N–H and O–H groups in total. The van der Waals surface area contributed by atoms with Crippen molar-refractivity contribution in [1.29, 1.82) is 0 Å². The zero-order valence-corrected chi connectivity index (χ0v) is 10.3. The van der Waals surface area contributed by atoms with E-state index in [1.807, 2.05) is 17.5 Å². The van der Waals surface area contributed by atoms with Crippen LogP contribution in [0.15, 0.2) is 6.20 Å². The summed E-state index contributed by atoms with van der Waals surface area (Å²) in [5.41, 5.74) is 0. The molecule has 1 aliphatic carbocycles. The van der Waals surface area contributed by atoms with Crippen LogP contribution in [0, 0.1) is 12.8 Å². The summed E-state index contributed by atoms with van der Waals surface area (Å²) in [7, 11) is 0. The van der Waals surface area contributed by atoms with E-state index in [1.54, 1.807) is 0 Å². The van der Waals surface area contributed by atoms with Crippen LogP contribution in [0.5, 0.6) is 0 Å². The lowest BCUT2D eigenvalue weighted by Crippen LogP contribution is -2.23. The number of hydrogen-bond acceptors (Lipinski definition) is 3. The monoisotopic (exact) mass is 224 g/mol. The van der Waals surface area contributed by atoms with Gasteiger partial charge < -0.3 is 5.32 Å². The van der Waals surface area contributed by atoms with Gasteiger partial charge in [-0.1, -0.05) is 12.8 Å². The van der Waals surface area contributed by atoms with Crippen LogP contribution in [-0.4, -0.2) is 18.1 Å². The van der Waals surface area contributed by atoms with Crippen molar-refractivity contribution in [3.05, 3.63) is 16.1 Å². The molecule has 84 valence electrons. The van der Waals surface area contributed by atoms with Crippen molar-refractivity contribution in [2.45, 2.75) is 39.0 Å². The highest BCUT2D eigenvalue weighted by Crippen LogP contribution is 2.23. The molecule has 0 aliphatic heterocycles. The fourth-order valence-electron chi connectivity index (χ4n) is 2.25. The van der Waals surface area contributed by atoms with Crippen molar-refractivity contribution >= 4 is 11.3 Å². The van der Waals surface area contributed by atoms with E-state index in [2.05, 4.69) is 17.2 Å². The number of thiazole rings is 1. The van der Waals surface area contributed by atoms with E-state index >= 15 is 0 Å². The Kier molecular flexibility index (Phi) is 4.15. The molecule has 1 saturated carbocycles. The zero-order valence-electron chi connectivity index (χ0n) is 9.46. The Balaban J connectivity index is 1.58. The minimum absolute atomic E-state index is 0.952. The molecule has 0 unspecified atom stereocenters. The van der Waals surface area contributed by atoms with Gasteiger partial charge >= 0.3 is 0 Å². The van der Waals surface area contributed by atoms with Gasteiger partial charge in [-0.3, -0.25) is 0 Å². The first-order chi connectivity index (χ1) is 7.34. The highest BCUT2D eigenvalue weighted by atomic mass is 32.1. The Morgan fingerprint density at radius 1 is 1.47 bits per heavy atom. The fraction of sp³-hybridized carbons (Fsp3) is 0.750. The second kappa shape index (κ2) is 5.61. The van der Waals surface area contributed by atoms with E-state index < -0.39 is 0 Å². The zero-order chi connectivity index (χ0) is 10.5. The van der Waals surface area contributed by atoms with Crippen LogP contribution < -0.4 is 5.32 Å². The first-order valence-corrected chi connectivity index (χ1v) is 6.78. The lowest BCUT2D eigenvalue weighted by atomic mass is 10.1. The summed E-state index contributed by atoms with van der Waals surface area (Å²) in [6.07, 6.45) is 8.91. The highest BCUT2D eigenvalue weighted by molar-refractivity contribution is 7.11. The van der Waals surface area contributed by atoms with Crippen LogP contribution in [0.1, 0.15) is 35.6 Å². The number of nitrogens with zero attached hydrogens (tertiary/aromatic N) is 1. The van der Waals surface area contributed by atoms with Gasteiger partial charge in [0.05, 0.1) is 5.01 Å². The lowest BCUT2D eigenvalue weighted by Gasteiger charge is -2.09. The molecule has 0 bridgehead atoms. The molecule has 1 aliphatic rings. The minimum Gasteiger partial charge on any atom is -0.316 e. The molecule has 1 heterocycles. The molecule has 1 fully saturated rings. The third-order valence-corrected chi connectivity index (χ3v) is 4.10. The molecule has 0 atom stereocenters. The van der Waals surface area contributed by atoms with Crippen LogP contribution in [0.4, 0.5) is 0 Å². The molecular weight excluding hydrogens is 204 g/mol. The topological polar surface area (TPSA) is 24.9 Å². The van der Waals surface area contributed by atoms with Crippen molar-refractivity contribution < 1.29 is 0 Å². The summed E-state index contributed by atoms with van der Waals surface area (Å²) < 4.78 is 0. The van der Waals surface area contributed by atoms with Crippen molar-refractivity contribution in [2.24, 2.45) is 5.92 Å². The molecule has 3 heteroatoms. The summed E-state index contributed by atoms with van der Waals surface area (Å²) in [5, 5.41) is 4.75. The lowest BCUT2D eigenvalue weighted by molar-refractivity contribution is 0.492. The first kappa shape index (κ1) is 11.1. The van der Waals surface area contributed by atoms with Crippen molar-refractivity contribution in [3.8, 4) is 0 Å². The van der Waals surface area contributed by atoms with Crippen LogP contribution >= 0.6 is 11.3 Å². The molecule has 1 aromatic heterocycles. The SMILES string of the molecule is Cc1ncc(CCNCC2CCCC2)s1. The molecule has 2 rings (SSSR count). The smallest absolute Gasteiger partial charge is 0.0896 e. The normalized spacial score (nSPS) is 17.4. The number of aryl methyl sites for hydroxylation is 1. The Labute approximate surface area is 96.1 Å². The van der Waals surface area contributed by atoms with E-state index in [0.29, 0.717) is 0 Å². The average Bonchev–Trinajstić information content (AvgIpc) is 2.84. The van der Waals surface area contributed by atoms with Crippen LogP contribution in [0.2, 0.25) is 0 Å². The first-order valence-electron chi connectivity index (χ1n) is 5.96. The molecule has 0 spiro atoms. The van der Waals surface area contributed by atoms with Crippen molar-refractivity contribution in [3.63, 3.8) is 0 Å². The summed E-state index contributed by atoms with van der Waals surface area (Å²) >= 11 is 1.82. The van der Waals surface area contributed by atoms with E-state index in [1.165, 1.54) is 42.1 Å². The Morgan fingerprint density at radius 2 is 2.27 bits per heavy atom. The van der Waals surface area contributed by atoms with Gasteiger partial charge in [-0.25, -0.2) is 4.98 Å². The summed E-state index contributed by atoms with van der Waals surface area (Å²) in [5.74, 6) is 0.952. The molecular formula is C12H20N2S. The summed E-state index contributed by atoms with van der Waals surface area (Å²) in [4.78, 5) is 5.67. The third-order valence-electron chi connectivity index (χ3n) is 3.13. The average molecular weight is 224 g/mol. The van der Waals surface area contributed by atoms with Gasteiger partial charge in [0.15, 0.2) is 0 Å². The van der Waals surface area contributed by atoms with E-state index in [-0.39, 0.29) is 0 Å². The predicted octanol–water partition coefficient (Wildman–Crippen LogP) is 2.77. The quantitative estimate of drug-likeness (QED) is 0.778. The van der Waals surface area contributed by atoms with Crippen LogP contribution in [0.25, 0.3) is 0 Å². The van der Waals surface area contributed by atoms with Crippen molar-refractivity contribution in [2.75, 3.05) is 13.1 Å². The van der Waals surface area contributed by atoms with E-state index in [4.69, 9.17) is 0 Å². The number of nitrogens with one attached hydrogen (secondary N) is 1. The molecule has 0 radical (unpaired) electrons. The maximum absolute atomic E-state index is 4.26. The standard InChI is InChI=1S/C12H20N2S/c1-10-14-9-12(15-10)6-7-13-8-11-4-2-3-5-11/h9,11,13H,2-8H2,1H3. The summed E-state index contributed by atoms with van der Waals surface area (Å²) in [6.45, 7) is 4.40. The number of hydrogen-bond donors (Lipinski definition) is 1. The van der Waals surface area contributed by atoms with Crippen LogP contribution in [0.3, 0.4) is 0 Å². The molecule has 15 heavy (non-hydrogen) atoms. The Morgan fingerprint density at radius 3 is 2.93 bits per heavy atom. The Hall–Kier alpha value is -0.410. The fourth-order valence-corrected chi connectivity index (χ4v) is 3.05. The molecule has 0 amide bonds. The number of aromatic nitrogens is 1. The Bertz CT molecular complexity index is 290. The summed E-state index contributed by atoms with van der Waals surface area (Å²) in [6, 6.07) is 0. The molecule has 2 nitrogen and oxygen atoms in total. The molecule has 0 aromatic carbocycles. The third kappa shape index (κ3) is 3.58. The van der Waals surface area contributed by atoms with Gasteiger partial charge in [0.1, 0.15) is 0 Å². The maximum atomic E-state index is 4.26. The maximum Gasteiger partial charge on any atom is 0.0896 e. The van der Waals surface area contributed by atoms with E-state index in [9.17, 15) is 0 Å². The molecule has 1 aromatic rings. The minimum atomic E-state index is 0.952. The van der Waals surface area contributed by atoms with Gasteiger partial charge in [0.25, 0.3) is 0 Å². The molecule has 0 saturated heterocycles. The van der Waals surface area contributed by atoms with E-state index in [0.717, 1.165) is 18.9 Å².